The molecule has 0 unspecified atom stereocenters. The van der Waals surface area contributed by atoms with E-state index in [0.29, 0.717) is 12.4 Å². The van der Waals surface area contributed by atoms with Gasteiger partial charge in [-0.3, -0.25) is 4.79 Å². The van der Waals surface area contributed by atoms with Crippen molar-refractivity contribution >= 4 is 23.3 Å². The van der Waals surface area contributed by atoms with Crippen molar-refractivity contribution in [3.63, 3.8) is 0 Å². The van der Waals surface area contributed by atoms with Crippen molar-refractivity contribution in [3.8, 4) is 0 Å². The van der Waals surface area contributed by atoms with Crippen molar-refractivity contribution in [1.82, 2.24) is 19.4 Å². The molecule has 0 aromatic carbocycles. The fourth-order valence-corrected chi connectivity index (χ4v) is 1.87. The first-order valence-electron chi connectivity index (χ1n) is 5.87. The number of pyridine rings is 1. The molecule has 0 fully saturated rings. The number of amides is 1. The van der Waals surface area contributed by atoms with Crippen molar-refractivity contribution in [2.75, 3.05) is 12.5 Å². The van der Waals surface area contributed by atoms with Crippen molar-refractivity contribution in [2.24, 2.45) is 12.9 Å². The lowest BCUT2D eigenvalue weighted by Gasteiger charge is -2.17. The smallest absolute Gasteiger partial charge is 0.274 e. The number of aromatic nitrogens is 3. The molecule has 0 atom stereocenters. The summed E-state index contributed by atoms with van der Waals surface area (Å²) < 4.78 is 1.84. The summed E-state index contributed by atoms with van der Waals surface area (Å²) in [5.41, 5.74) is 2.54. The fraction of sp³-hybridized carbons (Fsp3) is 0.250. The minimum absolute atomic E-state index is 0.152. The number of carbonyl (C=O) groups is 1. The monoisotopic (exact) mass is 294 g/mol. The summed E-state index contributed by atoms with van der Waals surface area (Å²) >= 11 is 6.01. The average molecular weight is 295 g/mol. The largest absolute Gasteiger partial charge is 0.337 e. The Balaban J connectivity index is 2.20. The van der Waals surface area contributed by atoms with Crippen LogP contribution in [0.25, 0.3) is 0 Å². The Morgan fingerprint density at radius 2 is 2.30 bits per heavy atom. The van der Waals surface area contributed by atoms with Crippen LogP contribution in [-0.4, -0.2) is 32.4 Å². The van der Waals surface area contributed by atoms with Crippen LogP contribution in [0.2, 0.25) is 5.02 Å². The number of nitrogens with zero attached hydrogens (tertiary/aromatic N) is 4. The fourth-order valence-electron chi connectivity index (χ4n) is 1.69. The third-order valence-corrected chi connectivity index (χ3v) is 3.15. The molecule has 0 aliphatic rings. The molecule has 0 aliphatic heterocycles. The van der Waals surface area contributed by atoms with Gasteiger partial charge in [0.2, 0.25) is 0 Å². The van der Waals surface area contributed by atoms with Crippen molar-refractivity contribution in [1.29, 1.82) is 0 Å². The number of carbonyl (C=O) groups excluding carboxylic acids is 1. The van der Waals surface area contributed by atoms with E-state index >= 15 is 0 Å². The summed E-state index contributed by atoms with van der Waals surface area (Å²) in [4.78, 5) is 22.1. The molecule has 2 aromatic rings. The van der Waals surface area contributed by atoms with Crippen molar-refractivity contribution in [3.05, 3.63) is 41.1 Å². The van der Waals surface area contributed by atoms with Gasteiger partial charge in [0, 0.05) is 26.5 Å². The van der Waals surface area contributed by atoms with E-state index in [9.17, 15) is 4.79 Å². The summed E-state index contributed by atoms with van der Waals surface area (Å²) in [6.07, 6.45) is 3.50. The SMILES string of the molecule is CN(Cc1nccn1C)C(=O)c1nc(NN)ccc1Cl. The normalized spacial score (nSPS) is 10.4. The standard InChI is InChI=1S/C12H15ClN6O/c1-18-6-5-15-10(18)7-19(2)12(20)11-8(13)3-4-9(16-11)17-14/h3-6H,7,14H2,1-2H3,(H,16,17). The maximum atomic E-state index is 12.3. The second-order valence-corrected chi connectivity index (χ2v) is 4.69. The van der Waals surface area contributed by atoms with Gasteiger partial charge < -0.3 is 14.9 Å². The highest BCUT2D eigenvalue weighted by molar-refractivity contribution is 6.33. The quantitative estimate of drug-likeness (QED) is 0.649. The van der Waals surface area contributed by atoms with Gasteiger partial charge in [-0.05, 0) is 12.1 Å². The van der Waals surface area contributed by atoms with Gasteiger partial charge in [-0.2, -0.15) is 0 Å². The molecule has 0 spiro atoms. The van der Waals surface area contributed by atoms with Gasteiger partial charge in [-0.25, -0.2) is 15.8 Å². The predicted octanol–water partition coefficient (Wildman–Crippen LogP) is 1.03. The molecule has 7 nitrogen and oxygen atoms in total. The molecule has 8 heteroatoms. The molecule has 2 heterocycles. The van der Waals surface area contributed by atoms with Crippen LogP contribution in [0.5, 0.6) is 0 Å². The number of nitrogen functional groups attached to an aromatic ring is 1. The molecule has 3 N–H and O–H groups in total. The zero-order valence-electron chi connectivity index (χ0n) is 11.2. The maximum Gasteiger partial charge on any atom is 0.274 e. The molecule has 2 aromatic heterocycles. The summed E-state index contributed by atoms with van der Waals surface area (Å²) in [6, 6.07) is 3.17. The number of hydrogen-bond acceptors (Lipinski definition) is 5. The molecule has 0 saturated carbocycles. The first-order chi connectivity index (χ1) is 9.52. The van der Waals surface area contributed by atoms with Crippen LogP contribution in [0.1, 0.15) is 16.3 Å². The van der Waals surface area contributed by atoms with Crippen molar-refractivity contribution in [2.45, 2.75) is 6.54 Å². The van der Waals surface area contributed by atoms with Gasteiger partial charge >= 0.3 is 0 Å². The molecule has 0 saturated heterocycles. The second kappa shape index (κ2) is 5.89. The molecule has 0 aliphatic carbocycles. The van der Waals surface area contributed by atoms with E-state index < -0.39 is 0 Å². The van der Waals surface area contributed by atoms with Crippen LogP contribution in [0.3, 0.4) is 0 Å². The Morgan fingerprint density at radius 3 is 2.90 bits per heavy atom. The van der Waals surface area contributed by atoms with Crippen molar-refractivity contribution < 1.29 is 4.79 Å². The zero-order valence-corrected chi connectivity index (χ0v) is 11.9. The minimum Gasteiger partial charge on any atom is -0.337 e. The number of hydrazine groups is 1. The zero-order chi connectivity index (χ0) is 14.7. The Hall–Kier alpha value is -2.12. The average Bonchev–Trinajstić information content (AvgIpc) is 2.84. The van der Waals surface area contributed by atoms with Crippen LogP contribution in [-0.2, 0) is 13.6 Å². The Morgan fingerprint density at radius 1 is 1.55 bits per heavy atom. The Labute approximate surface area is 121 Å². The highest BCUT2D eigenvalue weighted by Gasteiger charge is 2.18. The lowest BCUT2D eigenvalue weighted by Crippen LogP contribution is -2.28. The second-order valence-electron chi connectivity index (χ2n) is 4.29. The van der Waals surface area contributed by atoms with Gasteiger partial charge in [-0.15, -0.1) is 0 Å². The summed E-state index contributed by atoms with van der Waals surface area (Å²) in [7, 11) is 3.53. The summed E-state index contributed by atoms with van der Waals surface area (Å²) in [6.45, 7) is 0.362. The van der Waals surface area contributed by atoms with E-state index in [4.69, 9.17) is 17.4 Å². The van der Waals surface area contributed by atoms with E-state index in [1.165, 1.54) is 4.90 Å². The van der Waals surface area contributed by atoms with E-state index in [1.54, 1.807) is 25.4 Å². The molecule has 2 rings (SSSR count). The topological polar surface area (TPSA) is 89.1 Å². The molecule has 1 amide bonds. The van der Waals surface area contributed by atoms with E-state index in [0.717, 1.165) is 5.82 Å². The highest BCUT2D eigenvalue weighted by Crippen LogP contribution is 2.18. The number of nitrogens with two attached hydrogens (primary N) is 1. The van der Waals surface area contributed by atoms with Gasteiger partial charge in [0.05, 0.1) is 11.6 Å². The molecule has 106 valence electrons. The Kier molecular flexibility index (Phi) is 4.21. The molecule has 20 heavy (non-hydrogen) atoms. The number of imidazole rings is 1. The third kappa shape index (κ3) is 2.89. The maximum absolute atomic E-state index is 12.3. The van der Waals surface area contributed by atoms with Crippen LogP contribution >= 0.6 is 11.6 Å². The first kappa shape index (κ1) is 14.3. The van der Waals surface area contributed by atoms with E-state index in [-0.39, 0.29) is 16.6 Å². The number of aryl methyl sites for hydroxylation is 1. The molecule has 0 bridgehead atoms. The van der Waals surface area contributed by atoms with Crippen LogP contribution < -0.4 is 11.3 Å². The lowest BCUT2D eigenvalue weighted by atomic mass is 10.3. The van der Waals surface area contributed by atoms with E-state index in [1.807, 2.05) is 17.8 Å². The summed E-state index contributed by atoms with van der Waals surface area (Å²) in [5.74, 6) is 6.13. The van der Waals surface area contributed by atoms with Crippen LogP contribution in [0.15, 0.2) is 24.5 Å². The third-order valence-electron chi connectivity index (χ3n) is 2.84. The number of rotatable bonds is 4. The van der Waals surface area contributed by atoms with Crippen LogP contribution in [0, 0.1) is 0 Å². The minimum atomic E-state index is -0.296. The summed E-state index contributed by atoms with van der Waals surface area (Å²) in [5, 5.41) is 0.278. The molecular formula is C12H15ClN6O. The number of anilines is 1. The van der Waals surface area contributed by atoms with Gasteiger partial charge in [0.25, 0.3) is 5.91 Å². The first-order valence-corrected chi connectivity index (χ1v) is 6.25. The number of nitrogens with one attached hydrogen (secondary N) is 1. The van der Waals surface area contributed by atoms with Gasteiger partial charge in [-0.1, -0.05) is 11.6 Å². The highest BCUT2D eigenvalue weighted by atomic mass is 35.5. The number of halogens is 1. The van der Waals surface area contributed by atoms with E-state index in [2.05, 4.69) is 15.4 Å². The molecule has 0 radical (unpaired) electrons. The van der Waals surface area contributed by atoms with Gasteiger partial charge in [0.1, 0.15) is 17.3 Å². The molecular weight excluding hydrogens is 280 g/mol. The van der Waals surface area contributed by atoms with Gasteiger partial charge in [0.15, 0.2) is 0 Å². The van der Waals surface area contributed by atoms with Crippen LogP contribution in [0.4, 0.5) is 5.82 Å². The lowest BCUT2D eigenvalue weighted by molar-refractivity contribution is 0.0775. The predicted molar refractivity (Wildman–Crippen MR) is 76.1 cm³/mol. The Bertz CT molecular complexity index is 626. The number of hydrogen-bond donors (Lipinski definition) is 2.